The second kappa shape index (κ2) is 4.70. The van der Waals surface area contributed by atoms with Crippen molar-refractivity contribution in [1.82, 2.24) is 0 Å². The molecule has 0 fully saturated rings. The highest BCUT2D eigenvalue weighted by Gasteiger charge is 2.07. The molecule has 0 radical (unpaired) electrons. The summed E-state index contributed by atoms with van der Waals surface area (Å²) in [6.07, 6.45) is 0. The molecule has 5 heteroatoms. The van der Waals surface area contributed by atoms with Crippen LogP contribution in [-0.2, 0) is 0 Å². The molecule has 2 aromatic carbocycles. The Hall–Kier alpha value is -2.82. The van der Waals surface area contributed by atoms with Crippen molar-refractivity contribution in [3.8, 4) is 17.1 Å². The Morgan fingerprint density at radius 1 is 1.00 bits per heavy atom. The number of phenols is 1. The second-order valence-corrected chi connectivity index (χ2v) is 4.28. The Morgan fingerprint density at radius 2 is 1.75 bits per heavy atom. The van der Waals surface area contributed by atoms with Gasteiger partial charge >= 0.3 is 0 Å². The Balaban J connectivity index is 2.28. The van der Waals surface area contributed by atoms with Crippen LogP contribution in [0.4, 0.5) is 4.39 Å². The van der Waals surface area contributed by atoms with E-state index >= 15 is 0 Å². The van der Waals surface area contributed by atoms with E-state index in [0.717, 1.165) is 0 Å². The SMILES string of the molecule is ON=c1cc(-c2ccc(O)cc2)oc2ccc(F)cc12. The number of fused-ring (bicyclic) bond motifs is 1. The van der Waals surface area contributed by atoms with Gasteiger partial charge in [-0.2, -0.15) is 0 Å². The van der Waals surface area contributed by atoms with Crippen LogP contribution in [0.3, 0.4) is 0 Å². The Bertz CT molecular complexity index is 838. The van der Waals surface area contributed by atoms with Crippen molar-refractivity contribution in [2.75, 3.05) is 0 Å². The van der Waals surface area contributed by atoms with Crippen LogP contribution in [0.2, 0.25) is 0 Å². The highest BCUT2D eigenvalue weighted by atomic mass is 19.1. The lowest BCUT2D eigenvalue weighted by atomic mass is 10.1. The van der Waals surface area contributed by atoms with Crippen molar-refractivity contribution in [3.63, 3.8) is 0 Å². The zero-order chi connectivity index (χ0) is 14.1. The first-order chi connectivity index (χ1) is 9.67. The van der Waals surface area contributed by atoms with Gasteiger partial charge in [-0.05, 0) is 42.5 Å². The van der Waals surface area contributed by atoms with E-state index in [-0.39, 0.29) is 11.1 Å². The van der Waals surface area contributed by atoms with Crippen molar-refractivity contribution in [3.05, 3.63) is 59.7 Å². The summed E-state index contributed by atoms with van der Waals surface area (Å²) in [5.41, 5.74) is 1.11. The van der Waals surface area contributed by atoms with E-state index in [4.69, 9.17) is 9.62 Å². The monoisotopic (exact) mass is 271 g/mol. The lowest BCUT2D eigenvalue weighted by Gasteiger charge is -2.04. The molecule has 0 amide bonds. The number of phenolic OH excluding ortho intramolecular Hbond substituents is 1. The standard InChI is InChI=1S/C15H10FNO3/c16-10-3-6-14-12(7-10)13(17-19)8-15(20-14)9-1-4-11(18)5-2-9/h1-8,18-19H. The van der Waals surface area contributed by atoms with Gasteiger partial charge < -0.3 is 14.7 Å². The zero-order valence-electron chi connectivity index (χ0n) is 10.2. The van der Waals surface area contributed by atoms with Crippen molar-refractivity contribution >= 4 is 11.0 Å². The number of nitrogens with zero attached hydrogens (tertiary/aromatic N) is 1. The van der Waals surface area contributed by atoms with E-state index in [1.807, 2.05) is 0 Å². The fourth-order valence-electron chi connectivity index (χ4n) is 1.99. The molecule has 20 heavy (non-hydrogen) atoms. The van der Waals surface area contributed by atoms with Crippen LogP contribution in [0.5, 0.6) is 5.75 Å². The molecular weight excluding hydrogens is 261 g/mol. The maximum absolute atomic E-state index is 13.2. The third-order valence-corrected chi connectivity index (χ3v) is 2.96. The fourth-order valence-corrected chi connectivity index (χ4v) is 1.99. The summed E-state index contributed by atoms with van der Waals surface area (Å²) in [5.74, 6) is 0.163. The van der Waals surface area contributed by atoms with Crippen LogP contribution in [0, 0.1) is 5.82 Å². The molecule has 2 N–H and O–H groups in total. The van der Waals surface area contributed by atoms with Crippen molar-refractivity contribution < 1.29 is 19.1 Å². The molecule has 0 aliphatic rings. The van der Waals surface area contributed by atoms with E-state index in [2.05, 4.69) is 5.16 Å². The molecule has 1 aromatic heterocycles. The maximum atomic E-state index is 13.2. The summed E-state index contributed by atoms with van der Waals surface area (Å²) in [6.45, 7) is 0. The number of benzene rings is 2. The quantitative estimate of drug-likeness (QED) is 0.527. The third kappa shape index (κ3) is 2.09. The molecule has 3 aromatic rings. The number of hydrogen-bond donors (Lipinski definition) is 2. The van der Waals surface area contributed by atoms with Crippen LogP contribution >= 0.6 is 0 Å². The van der Waals surface area contributed by atoms with Gasteiger partial charge in [0.25, 0.3) is 0 Å². The predicted octanol–water partition coefficient (Wildman–Crippen LogP) is 3.23. The first-order valence-electron chi connectivity index (χ1n) is 5.88. The fraction of sp³-hybridized carbons (Fsp3) is 0. The van der Waals surface area contributed by atoms with Gasteiger partial charge in [0.2, 0.25) is 0 Å². The summed E-state index contributed by atoms with van der Waals surface area (Å²) >= 11 is 0. The normalized spacial score (nSPS) is 11.9. The molecule has 0 bridgehead atoms. The minimum atomic E-state index is -0.435. The number of hydrogen-bond acceptors (Lipinski definition) is 4. The molecule has 0 spiro atoms. The molecule has 0 aliphatic carbocycles. The van der Waals surface area contributed by atoms with E-state index in [1.54, 1.807) is 12.1 Å². The van der Waals surface area contributed by atoms with Crippen LogP contribution < -0.4 is 5.36 Å². The molecule has 0 saturated carbocycles. The van der Waals surface area contributed by atoms with Gasteiger partial charge in [-0.1, -0.05) is 5.16 Å². The summed E-state index contributed by atoms with van der Waals surface area (Å²) in [4.78, 5) is 0. The molecule has 0 aliphatic heterocycles. The number of rotatable bonds is 1. The molecule has 100 valence electrons. The van der Waals surface area contributed by atoms with E-state index < -0.39 is 5.82 Å². The maximum Gasteiger partial charge on any atom is 0.137 e. The van der Waals surface area contributed by atoms with Crippen molar-refractivity contribution in [2.45, 2.75) is 0 Å². The molecule has 3 rings (SSSR count). The lowest BCUT2D eigenvalue weighted by Crippen LogP contribution is -2.03. The lowest BCUT2D eigenvalue weighted by molar-refractivity contribution is 0.302. The average Bonchev–Trinajstić information content (AvgIpc) is 2.47. The number of halogens is 1. The third-order valence-electron chi connectivity index (χ3n) is 2.96. The molecular formula is C15H10FNO3. The van der Waals surface area contributed by atoms with Crippen molar-refractivity contribution in [2.24, 2.45) is 5.16 Å². The Labute approximate surface area is 113 Å². The number of aromatic hydroxyl groups is 1. The highest BCUT2D eigenvalue weighted by Crippen LogP contribution is 2.24. The molecule has 4 nitrogen and oxygen atoms in total. The molecule has 0 saturated heterocycles. The molecule has 0 atom stereocenters. The highest BCUT2D eigenvalue weighted by molar-refractivity contribution is 5.78. The summed E-state index contributed by atoms with van der Waals surface area (Å²) < 4.78 is 18.9. The Kier molecular flexibility index (Phi) is 2.87. The van der Waals surface area contributed by atoms with Gasteiger partial charge in [0.05, 0.1) is 0 Å². The van der Waals surface area contributed by atoms with E-state index in [1.165, 1.54) is 36.4 Å². The summed E-state index contributed by atoms with van der Waals surface area (Å²) in [7, 11) is 0. The minimum Gasteiger partial charge on any atom is -0.508 e. The van der Waals surface area contributed by atoms with Crippen LogP contribution in [0.1, 0.15) is 0 Å². The second-order valence-electron chi connectivity index (χ2n) is 4.28. The van der Waals surface area contributed by atoms with Crippen LogP contribution in [-0.4, -0.2) is 10.3 Å². The largest absolute Gasteiger partial charge is 0.508 e. The van der Waals surface area contributed by atoms with Gasteiger partial charge in [0, 0.05) is 17.0 Å². The first-order valence-corrected chi connectivity index (χ1v) is 5.88. The average molecular weight is 271 g/mol. The van der Waals surface area contributed by atoms with E-state index in [9.17, 15) is 9.50 Å². The molecule has 0 unspecified atom stereocenters. The van der Waals surface area contributed by atoms with Gasteiger partial charge in [-0.25, -0.2) is 4.39 Å². The first kappa shape index (κ1) is 12.2. The van der Waals surface area contributed by atoms with Gasteiger partial charge in [-0.3, -0.25) is 0 Å². The van der Waals surface area contributed by atoms with Gasteiger partial charge in [0.1, 0.15) is 28.3 Å². The van der Waals surface area contributed by atoms with Crippen LogP contribution in [0.15, 0.2) is 58.1 Å². The van der Waals surface area contributed by atoms with Crippen molar-refractivity contribution in [1.29, 1.82) is 0 Å². The van der Waals surface area contributed by atoms with Crippen LogP contribution in [0.25, 0.3) is 22.3 Å². The zero-order valence-corrected chi connectivity index (χ0v) is 10.2. The smallest absolute Gasteiger partial charge is 0.137 e. The topological polar surface area (TPSA) is 66.0 Å². The van der Waals surface area contributed by atoms with Gasteiger partial charge in [0.15, 0.2) is 0 Å². The van der Waals surface area contributed by atoms with Gasteiger partial charge in [-0.15, -0.1) is 0 Å². The Morgan fingerprint density at radius 3 is 2.45 bits per heavy atom. The predicted molar refractivity (Wildman–Crippen MR) is 70.6 cm³/mol. The minimum absolute atomic E-state index is 0.142. The van der Waals surface area contributed by atoms with E-state index in [0.29, 0.717) is 22.3 Å². The molecule has 1 heterocycles. The summed E-state index contributed by atoms with van der Waals surface area (Å²) in [6, 6.07) is 11.9. The summed E-state index contributed by atoms with van der Waals surface area (Å²) in [5, 5.41) is 22.1.